The van der Waals surface area contributed by atoms with Gasteiger partial charge < -0.3 is 14.3 Å². The fourth-order valence-corrected chi connectivity index (χ4v) is 5.49. The second-order valence-corrected chi connectivity index (χ2v) is 11.6. The van der Waals surface area contributed by atoms with Gasteiger partial charge in [-0.05, 0) is 49.7 Å². The van der Waals surface area contributed by atoms with Gasteiger partial charge in [-0.3, -0.25) is 9.69 Å². The Hall–Kier alpha value is -4.16. The van der Waals surface area contributed by atoms with E-state index in [0.717, 1.165) is 22.8 Å². The third kappa shape index (κ3) is 5.07. The molecule has 0 amide bonds. The lowest BCUT2D eigenvalue weighted by molar-refractivity contribution is 0.127. The second-order valence-electron chi connectivity index (χ2n) is 11.6. The first kappa shape index (κ1) is 27.4. The number of rotatable bonds is 4. The molecule has 0 saturated carbocycles. The van der Waals surface area contributed by atoms with E-state index < -0.39 is 0 Å². The second kappa shape index (κ2) is 10.4. The van der Waals surface area contributed by atoms with Crippen LogP contribution in [0.5, 0.6) is 0 Å². The van der Waals surface area contributed by atoms with Gasteiger partial charge in [0.05, 0.1) is 22.9 Å². The number of hydrogen-bond acceptors (Lipinski definition) is 6. The quantitative estimate of drug-likeness (QED) is 0.324. The number of pyridine rings is 2. The number of benzene rings is 1. The highest BCUT2D eigenvalue weighted by Crippen LogP contribution is 2.36. The maximum absolute atomic E-state index is 13.9. The molecular weight excluding hydrogens is 505 g/mol. The van der Waals surface area contributed by atoms with Crippen molar-refractivity contribution in [2.24, 2.45) is 7.05 Å². The van der Waals surface area contributed by atoms with Crippen molar-refractivity contribution in [2.45, 2.75) is 58.2 Å². The van der Waals surface area contributed by atoms with Crippen LogP contribution in [-0.2, 0) is 12.5 Å². The van der Waals surface area contributed by atoms with Gasteiger partial charge in [-0.2, -0.15) is 0 Å². The van der Waals surface area contributed by atoms with E-state index in [0.29, 0.717) is 29.9 Å². The van der Waals surface area contributed by atoms with Gasteiger partial charge in [0.25, 0.3) is 11.4 Å². The first-order valence-corrected chi connectivity index (χ1v) is 13.5. The molecule has 3 atom stereocenters. The minimum Gasteiger partial charge on any atom is -0.362 e. The maximum atomic E-state index is 13.9. The minimum absolute atomic E-state index is 0.0109. The third-order valence-electron chi connectivity index (χ3n) is 7.66. The van der Waals surface area contributed by atoms with Crippen molar-refractivity contribution < 1.29 is 4.39 Å². The number of piperazine rings is 1. The maximum Gasteiger partial charge on any atom is 0.270 e. The van der Waals surface area contributed by atoms with Gasteiger partial charge in [-0.15, -0.1) is 4.98 Å². The number of hydrogen-bond donors (Lipinski definition) is 0. The molecule has 40 heavy (non-hydrogen) atoms. The van der Waals surface area contributed by atoms with Crippen molar-refractivity contribution in [1.82, 2.24) is 24.4 Å². The molecule has 1 unspecified atom stereocenters. The zero-order chi connectivity index (χ0) is 28.8. The lowest BCUT2D eigenvalue weighted by Crippen LogP contribution is -2.57. The predicted octanol–water partition coefficient (Wildman–Crippen LogP) is 5.40. The van der Waals surface area contributed by atoms with E-state index >= 15 is 0 Å². The fraction of sp³-hybridized carbons (Fsp3) is 0.387. The molecule has 5 rings (SSSR count). The molecule has 9 heteroatoms. The summed E-state index contributed by atoms with van der Waals surface area (Å²) >= 11 is 0. The molecule has 1 aliphatic heterocycles. The molecule has 4 heterocycles. The first-order valence-electron chi connectivity index (χ1n) is 13.5. The van der Waals surface area contributed by atoms with Crippen molar-refractivity contribution >= 4 is 22.5 Å². The van der Waals surface area contributed by atoms with Gasteiger partial charge in [0.15, 0.2) is 0 Å². The monoisotopic (exact) mass is 539 g/mol. The lowest BCUT2D eigenvalue weighted by Gasteiger charge is -2.48. The number of fused-ring (bicyclic) bond motifs is 1. The smallest absolute Gasteiger partial charge is 0.270 e. The van der Waals surface area contributed by atoms with Crippen LogP contribution in [0.15, 0.2) is 59.5 Å². The number of aromatic nitrogens is 4. The van der Waals surface area contributed by atoms with Gasteiger partial charge in [0.1, 0.15) is 11.6 Å². The van der Waals surface area contributed by atoms with E-state index in [2.05, 4.69) is 59.2 Å². The van der Waals surface area contributed by atoms with Crippen LogP contribution in [0.4, 0.5) is 15.9 Å². The first-order chi connectivity index (χ1) is 19.0. The summed E-state index contributed by atoms with van der Waals surface area (Å²) in [7, 11) is 1.72. The average Bonchev–Trinajstić information content (AvgIpc) is 2.93. The lowest BCUT2D eigenvalue weighted by atomic mass is 9.93. The standard InChI is InChI=1S/C31H34FN7O/c1-19-18-39(29(21-8-10-22(32)11-9-21)23-14-15-34-30(35-23)31(3,4)5)20(2)17-38(19)25-16-27(40)37(7)24-12-13-26(33-6)36-28(24)25/h8-16,19-20,29H,17-18H2,1-5,7H3/t19-,20+,29?/m0/s1. The topological polar surface area (TPSA) is 71.5 Å². The van der Waals surface area contributed by atoms with Crippen LogP contribution in [0.2, 0.25) is 0 Å². The molecule has 0 aliphatic carbocycles. The van der Waals surface area contributed by atoms with Crippen LogP contribution in [0.1, 0.15) is 57.7 Å². The highest BCUT2D eigenvalue weighted by molar-refractivity contribution is 5.89. The molecule has 0 radical (unpaired) electrons. The van der Waals surface area contributed by atoms with Crippen LogP contribution in [0.25, 0.3) is 15.9 Å². The fourth-order valence-electron chi connectivity index (χ4n) is 5.49. The molecule has 1 aliphatic rings. The normalized spacial score (nSPS) is 19.0. The van der Waals surface area contributed by atoms with Gasteiger partial charge in [-0.25, -0.2) is 14.4 Å². The molecule has 0 bridgehead atoms. The third-order valence-corrected chi connectivity index (χ3v) is 7.66. The van der Waals surface area contributed by atoms with Crippen LogP contribution in [0, 0.1) is 12.4 Å². The van der Waals surface area contributed by atoms with E-state index in [4.69, 9.17) is 11.6 Å². The van der Waals surface area contributed by atoms with E-state index in [1.807, 2.05) is 18.2 Å². The van der Waals surface area contributed by atoms with E-state index in [9.17, 15) is 9.18 Å². The van der Waals surface area contributed by atoms with Crippen LogP contribution < -0.4 is 10.5 Å². The zero-order valence-corrected chi connectivity index (χ0v) is 23.8. The summed E-state index contributed by atoms with van der Waals surface area (Å²) in [5.74, 6) is 0.766. The summed E-state index contributed by atoms with van der Waals surface area (Å²) in [6, 6.07) is 13.5. The summed E-state index contributed by atoms with van der Waals surface area (Å²) in [6.07, 6.45) is 1.80. The Morgan fingerprint density at radius 3 is 2.42 bits per heavy atom. The SMILES string of the molecule is [C-]#[N+]c1ccc2c(n1)c(N1C[C@@H](C)N(C(c3ccc(F)cc3)c3ccnc(C(C)(C)C)n3)C[C@@H]1C)cc(=O)n2C. The molecule has 0 N–H and O–H groups in total. The molecular formula is C31H34FN7O. The summed E-state index contributed by atoms with van der Waals surface area (Å²) in [6.45, 7) is 19.3. The molecule has 3 aromatic heterocycles. The summed E-state index contributed by atoms with van der Waals surface area (Å²) in [5, 5.41) is 0. The summed E-state index contributed by atoms with van der Waals surface area (Å²) in [4.78, 5) is 35.2. The van der Waals surface area contributed by atoms with Crippen LogP contribution >= 0.6 is 0 Å². The Kier molecular flexibility index (Phi) is 7.15. The van der Waals surface area contributed by atoms with Crippen LogP contribution in [-0.4, -0.2) is 49.6 Å². The Labute approximate surface area is 234 Å². The summed E-state index contributed by atoms with van der Waals surface area (Å²) < 4.78 is 15.5. The van der Waals surface area contributed by atoms with Crippen molar-refractivity contribution in [2.75, 3.05) is 18.0 Å². The average molecular weight is 540 g/mol. The molecule has 1 aromatic carbocycles. The Morgan fingerprint density at radius 1 is 1.02 bits per heavy atom. The van der Waals surface area contributed by atoms with Crippen molar-refractivity contribution in [3.8, 4) is 0 Å². The van der Waals surface area contributed by atoms with Crippen molar-refractivity contribution in [1.29, 1.82) is 0 Å². The Morgan fingerprint density at radius 2 is 1.75 bits per heavy atom. The largest absolute Gasteiger partial charge is 0.362 e. The number of aryl methyl sites for hydroxylation is 1. The van der Waals surface area contributed by atoms with Gasteiger partial charge in [0, 0.05) is 49.9 Å². The van der Waals surface area contributed by atoms with Gasteiger partial charge in [-0.1, -0.05) is 39.5 Å². The molecule has 4 aromatic rings. The minimum atomic E-state index is -0.282. The molecule has 206 valence electrons. The van der Waals surface area contributed by atoms with Crippen LogP contribution in [0.3, 0.4) is 0 Å². The predicted molar refractivity (Wildman–Crippen MR) is 155 cm³/mol. The zero-order valence-electron chi connectivity index (χ0n) is 23.8. The number of nitrogens with zero attached hydrogens (tertiary/aromatic N) is 7. The molecule has 1 fully saturated rings. The number of halogens is 1. The van der Waals surface area contributed by atoms with E-state index in [-0.39, 0.29) is 34.9 Å². The molecule has 1 saturated heterocycles. The molecule has 0 spiro atoms. The Bertz CT molecular complexity index is 1650. The molecule has 8 nitrogen and oxygen atoms in total. The van der Waals surface area contributed by atoms with E-state index in [1.165, 1.54) is 12.1 Å². The highest BCUT2D eigenvalue weighted by atomic mass is 19.1. The van der Waals surface area contributed by atoms with Crippen molar-refractivity contribution in [3.63, 3.8) is 0 Å². The van der Waals surface area contributed by atoms with Gasteiger partial charge in [0.2, 0.25) is 5.52 Å². The van der Waals surface area contributed by atoms with E-state index in [1.54, 1.807) is 36.0 Å². The highest BCUT2D eigenvalue weighted by Gasteiger charge is 2.37. The number of anilines is 1. The van der Waals surface area contributed by atoms with Crippen molar-refractivity contribution in [3.05, 3.63) is 99.4 Å². The van der Waals surface area contributed by atoms with Gasteiger partial charge >= 0.3 is 0 Å². The summed E-state index contributed by atoms with van der Waals surface area (Å²) in [5.41, 5.74) is 3.54. The Balaban J connectivity index is 1.57.